The van der Waals surface area contributed by atoms with E-state index in [9.17, 15) is 18.8 Å². The summed E-state index contributed by atoms with van der Waals surface area (Å²) in [6, 6.07) is 19.9. The van der Waals surface area contributed by atoms with Crippen molar-refractivity contribution in [1.82, 2.24) is 14.5 Å². The molecule has 0 bridgehead atoms. The molecule has 3 atom stereocenters. The number of carbonyl (C=O) groups excluding carboxylic acids is 2. The van der Waals surface area contributed by atoms with Crippen LogP contribution in [0.1, 0.15) is 51.6 Å². The Morgan fingerprint density at radius 1 is 0.889 bits per heavy atom. The first-order chi connectivity index (χ1) is 21.9. The second-order valence-corrected chi connectivity index (χ2v) is 12.7. The van der Waals surface area contributed by atoms with Gasteiger partial charge < -0.3 is 14.5 Å². The quantitative estimate of drug-likeness (QED) is 0.323. The van der Waals surface area contributed by atoms with Crippen molar-refractivity contribution in [2.24, 2.45) is 0 Å². The second-order valence-electron chi connectivity index (χ2n) is 11.7. The van der Waals surface area contributed by atoms with E-state index in [0.717, 1.165) is 34.9 Å². The number of nitrogens with zero attached hydrogens (tertiary/aromatic N) is 4. The first-order valence-corrected chi connectivity index (χ1v) is 15.9. The summed E-state index contributed by atoms with van der Waals surface area (Å²) in [6.07, 6.45) is 1.96. The Labute approximate surface area is 261 Å². The Balaban J connectivity index is 1.38. The minimum atomic E-state index is -1.09. The van der Waals surface area contributed by atoms with E-state index in [4.69, 9.17) is 4.74 Å². The van der Waals surface area contributed by atoms with E-state index >= 15 is 4.39 Å². The minimum Gasteiger partial charge on any atom is -0.482 e. The monoisotopic (exact) mass is 626 g/mol. The molecule has 0 radical (unpaired) electrons. The SMILES string of the molecule is O=C1C2N(CC3CCCN13)C(=O)c1c(OCc3ccccc3)c(=O)ccn1N2[C@@H]1c2ccccc2SCc2c1ccc(F)c2F. The van der Waals surface area contributed by atoms with Crippen LogP contribution in [0.5, 0.6) is 5.75 Å². The molecule has 2 saturated heterocycles. The van der Waals surface area contributed by atoms with E-state index in [2.05, 4.69) is 0 Å². The average molecular weight is 627 g/mol. The molecule has 2 fully saturated rings. The van der Waals surface area contributed by atoms with E-state index in [1.54, 1.807) is 11.1 Å². The van der Waals surface area contributed by atoms with E-state index in [0.29, 0.717) is 12.1 Å². The molecule has 8 nitrogen and oxygen atoms in total. The Bertz CT molecular complexity index is 1920. The van der Waals surface area contributed by atoms with Crippen LogP contribution in [0.2, 0.25) is 0 Å². The van der Waals surface area contributed by atoms with E-state index in [-0.39, 0.29) is 47.9 Å². The number of aromatic nitrogens is 1. The molecule has 0 saturated carbocycles. The Morgan fingerprint density at radius 2 is 1.69 bits per heavy atom. The van der Waals surface area contributed by atoms with E-state index in [1.807, 2.05) is 59.5 Å². The number of piperazine rings is 1. The summed E-state index contributed by atoms with van der Waals surface area (Å²) < 4.78 is 37.8. The fraction of sp³-hybridized carbons (Fsp3) is 0.265. The third-order valence-electron chi connectivity index (χ3n) is 9.18. The number of amides is 2. The van der Waals surface area contributed by atoms with Crippen molar-refractivity contribution in [3.8, 4) is 5.75 Å². The Morgan fingerprint density at radius 3 is 2.53 bits per heavy atom. The van der Waals surface area contributed by atoms with Crippen LogP contribution in [0.3, 0.4) is 0 Å². The highest BCUT2D eigenvalue weighted by atomic mass is 32.2. The summed E-state index contributed by atoms with van der Waals surface area (Å²) in [7, 11) is 0. The van der Waals surface area contributed by atoms with Gasteiger partial charge in [0.05, 0.1) is 6.04 Å². The van der Waals surface area contributed by atoms with Crippen molar-refractivity contribution in [2.75, 3.05) is 18.1 Å². The lowest BCUT2D eigenvalue weighted by molar-refractivity contribution is -0.143. The summed E-state index contributed by atoms with van der Waals surface area (Å²) in [5.41, 5.74) is 1.78. The van der Waals surface area contributed by atoms with Crippen molar-refractivity contribution >= 4 is 23.6 Å². The Hall–Kier alpha value is -4.64. The summed E-state index contributed by atoms with van der Waals surface area (Å²) in [4.78, 5) is 46.4. The third kappa shape index (κ3) is 4.35. The van der Waals surface area contributed by atoms with Gasteiger partial charge in [-0.15, -0.1) is 11.8 Å². The molecule has 45 heavy (non-hydrogen) atoms. The highest BCUT2D eigenvalue weighted by molar-refractivity contribution is 7.98. The molecule has 0 spiro atoms. The van der Waals surface area contributed by atoms with Gasteiger partial charge in [-0.05, 0) is 41.7 Å². The minimum absolute atomic E-state index is 0.00700. The van der Waals surface area contributed by atoms with Crippen LogP contribution in [-0.4, -0.2) is 51.6 Å². The maximum atomic E-state index is 15.5. The van der Waals surface area contributed by atoms with Gasteiger partial charge in [-0.3, -0.25) is 24.1 Å². The number of rotatable bonds is 4. The molecule has 3 aromatic carbocycles. The number of hydrogen-bond acceptors (Lipinski definition) is 6. The molecule has 0 aliphatic carbocycles. The summed E-state index contributed by atoms with van der Waals surface area (Å²) in [5.74, 6) is -2.57. The normalized spacial score (nSPS) is 21.8. The maximum Gasteiger partial charge on any atom is 0.278 e. The summed E-state index contributed by atoms with van der Waals surface area (Å²) in [6.45, 7) is 0.905. The molecular weight excluding hydrogens is 598 g/mol. The molecule has 228 valence electrons. The molecule has 2 amide bonds. The number of thioether (sulfide) groups is 1. The number of halogens is 2. The van der Waals surface area contributed by atoms with Gasteiger partial charge in [0.25, 0.3) is 11.8 Å². The number of carbonyl (C=O) groups is 2. The van der Waals surface area contributed by atoms with Crippen molar-refractivity contribution in [1.29, 1.82) is 0 Å². The zero-order valence-corrected chi connectivity index (χ0v) is 24.9. The molecule has 0 N–H and O–H groups in total. The van der Waals surface area contributed by atoms with Crippen LogP contribution in [0.15, 0.2) is 88.7 Å². The van der Waals surface area contributed by atoms with Gasteiger partial charge in [0.2, 0.25) is 5.43 Å². The Kier molecular flexibility index (Phi) is 6.67. The van der Waals surface area contributed by atoms with Gasteiger partial charge in [-0.1, -0.05) is 54.6 Å². The highest BCUT2D eigenvalue weighted by Crippen LogP contribution is 2.46. The molecule has 1 aromatic heterocycles. The molecule has 8 rings (SSSR count). The first kappa shape index (κ1) is 27.9. The third-order valence-corrected chi connectivity index (χ3v) is 10.3. The number of hydrogen-bond donors (Lipinski definition) is 0. The molecular formula is C34H28F2N4O4S. The summed E-state index contributed by atoms with van der Waals surface area (Å²) in [5, 5.41) is 1.75. The number of pyridine rings is 1. The molecule has 4 aliphatic heterocycles. The van der Waals surface area contributed by atoms with E-state index in [1.165, 1.54) is 33.6 Å². The largest absolute Gasteiger partial charge is 0.482 e. The molecule has 5 heterocycles. The zero-order chi connectivity index (χ0) is 30.8. The molecule has 11 heteroatoms. The number of ether oxygens (including phenoxy) is 1. The van der Waals surface area contributed by atoms with Gasteiger partial charge in [-0.25, -0.2) is 8.78 Å². The highest BCUT2D eigenvalue weighted by Gasteiger charge is 2.54. The second kappa shape index (κ2) is 10.8. The topological polar surface area (TPSA) is 75.1 Å². The lowest BCUT2D eigenvalue weighted by atomic mass is 9.92. The van der Waals surface area contributed by atoms with Crippen LogP contribution >= 0.6 is 11.8 Å². The smallest absolute Gasteiger partial charge is 0.278 e. The fourth-order valence-corrected chi connectivity index (χ4v) is 8.22. The summed E-state index contributed by atoms with van der Waals surface area (Å²) >= 11 is 1.39. The van der Waals surface area contributed by atoms with Crippen LogP contribution in [0.25, 0.3) is 0 Å². The fourth-order valence-electron chi connectivity index (χ4n) is 7.11. The molecule has 4 aromatic rings. The van der Waals surface area contributed by atoms with Gasteiger partial charge in [0, 0.05) is 47.6 Å². The van der Waals surface area contributed by atoms with E-state index < -0.39 is 35.2 Å². The average Bonchev–Trinajstić information content (AvgIpc) is 3.47. The van der Waals surface area contributed by atoms with Crippen molar-refractivity contribution < 1.29 is 23.1 Å². The van der Waals surface area contributed by atoms with Gasteiger partial charge in [0.1, 0.15) is 6.61 Å². The predicted octanol–water partition coefficient (Wildman–Crippen LogP) is 4.83. The van der Waals surface area contributed by atoms with Crippen LogP contribution in [0.4, 0.5) is 8.78 Å². The number of fused-ring (bicyclic) bond motifs is 5. The predicted molar refractivity (Wildman–Crippen MR) is 163 cm³/mol. The van der Waals surface area contributed by atoms with Crippen molar-refractivity contribution in [2.45, 2.75) is 48.3 Å². The molecule has 2 unspecified atom stereocenters. The van der Waals surface area contributed by atoms with Crippen LogP contribution in [-0.2, 0) is 17.2 Å². The van der Waals surface area contributed by atoms with Crippen LogP contribution < -0.4 is 15.2 Å². The standard InChI is InChI=1S/C34H28F2N4O4S/c35-25-13-12-22-24(28(25)36)19-45-27-11-5-4-10-23(27)29(22)40-32-34(43)37-15-6-9-21(37)17-38(32)33(42)30-31(26(41)14-16-39(30)40)44-18-20-7-2-1-3-8-20/h1-5,7-8,10-14,16,21,29,32H,6,9,15,17-19H2/t21?,29-,32?/m0/s1. The maximum absolute atomic E-state index is 15.5. The van der Waals surface area contributed by atoms with Gasteiger partial charge in [0.15, 0.2) is 29.2 Å². The van der Waals surface area contributed by atoms with Gasteiger partial charge in [-0.2, -0.15) is 0 Å². The van der Waals surface area contributed by atoms with Crippen molar-refractivity contribution in [3.05, 3.63) is 129 Å². The first-order valence-electron chi connectivity index (χ1n) is 14.9. The van der Waals surface area contributed by atoms with Crippen LogP contribution in [0, 0.1) is 11.6 Å². The number of benzene rings is 3. The lowest BCUT2D eigenvalue weighted by Crippen LogP contribution is -2.72. The lowest BCUT2D eigenvalue weighted by Gasteiger charge is -2.53. The van der Waals surface area contributed by atoms with Crippen molar-refractivity contribution in [3.63, 3.8) is 0 Å². The molecule has 4 aliphatic rings. The van der Waals surface area contributed by atoms with Gasteiger partial charge >= 0.3 is 0 Å². The zero-order valence-electron chi connectivity index (χ0n) is 24.1.